The van der Waals surface area contributed by atoms with Gasteiger partial charge in [0.25, 0.3) is 0 Å². The standard InChI is InChI=1S/C16H22N6O3/c1-10-6-11(2)9-21(8-10)16-19-14(17)13(22(23)24)15(20-16)18-7-12-4-3-5-25-12/h3-5,10-11H,6-9H2,1-2H3,(H3,17,18,19,20). The van der Waals surface area contributed by atoms with E-state index in [9.17, 15) is 10.1 Å². The molecule has 3 N–H and O–H groups in total. The highest BCUT2D eigenvalue weighted by atomic mass is 16.6. The van der Waals surface area contributed by atoms with Crippen molar-refractivity contribution in [3.8, 4) is 0 Å². The van der Waals surface area contributed by atoms with Gasteiger partial charge in [-0.25, -0.2) is 0 Å². The summed E-state index contributed by atoms with van der Waals surface area (Å²) in [5.41, 5.74) is 5.55. The molecule has 2 aromatic rings. The molecule has 0 spiro atoms. The average molecular weight is 346 g/mol. The van der Waals surface area contributed by atoms with Gasteiger partial charge in [0, 0.05) is 13.1 Å². The number of nitrogen functional groups attached to an aromatic ring is 1. The van der Waals surface area contributed by atoms with E-state index in [0.29, 0.717) is 23.5 Å². The molecule has 0 saturated carbocycles. The predicted octanol–water partition coefficient (Wildman–Crippen LogP) is 2.65. The van der Waals surface area contributed by atoms with Gasteiger partial charge in [-0.05, 0) is 30.4 Å². The van der Waals surface area contributed by atoms with Crippen LogP contribution < -0.4 is 16.0 Å². The van der Waals surface area contributed by atoms with E-state index >= 15 is 0 Å². The van der Waals surface area contributed by atoms with Crippen molar-refractivity contribution in [3.05, 3.63) is 34.3 Å². The fourth-order valence-corrected chi connectivity index (χ4v) is 3.31. The monoisotopic (exact) mass is 346 g/mol. The first-order valence-electron chi connectivity index (χ1n) is 8.27. The Morgan fingerprint density at radius 1 is 1.40 bits per heavy atom. The number of nitrogens with two attached hydrogens (primary N) is 1. The van der Waals surface area contributed by atoms with E-state index in [4.69, 9.17) is 10.2 Å². The molecule has 134 valence electrons. The largest absolute Gasteiger partial charge is 0.467 e. The van der Waals surface area contributed by atoms with Gasteiger partial charge in [0.05, 0.1) is 17.7 Å². The third-order valence-corrected chi connectivity index (χ3v) is 4.24. The van der Waals surface area contributed by atoms with Crippen molar-refractivity contribution in [2.24, 2.45) is 11.8 Å². The van der Waals surface area contributed by atoms with E-state index in [1.807, 2.05) is 4.90 Å². The molecule has 1 aliphatic heterocycles. The zero-order chi connectivity index (χ0) is 18.0. The second-order valence-electron chi connectivity index (χ2n) is 6.65. The SMILES string of the molecule is CC1CC(C)CN(c2nc(N)c([N+](=O)[O-])c(NCc3ccco3)n2)C1. The lowest BCUT2D eigenvalue weighted by Crippen LogP contribution is -2.39. The molecular formula is C16H22N6O3. The first-order chi connectivity index (χ1) is 11.9. The van der Waals surface area contributed by atoms with E-state index in [0.717, 1.165) is 19.5 Å². The maximum Gasteiger partial charge on any atom is 0.353 e. The smallest absolute Gasteiger partial charge is 0.353 e. The Kier molecular flexibility index (Phi) is 4.73. The molecule has 0 amide bonds. The molecule has 0 aromatic carbocycles. The second-order valence-corrected chi connectivity index (χ2v) is 6.65. The Labute approximate surface area is 145 Å². The van der Waals surface area contributed by atoms with E-state index in [2.05, 4.69) is 29.1 Å². The predicted molar refractivity (Wildman–Crippen MR) is 94.3 cm³/mol. The highest BCUT2D eigenvalue weighted by Gasteiger charge is 2.28. The van der Waals surface area contributed by atoms with Gasteiger partial charge in [0.15, 0.2) is 0 Å². The molecule has 2 atom stereocenters. The lowest BCUT2D eigenvalue weighted by molar-refractivity contribution is -0.383. The minimum absolute atomic E-state index is 0.106. The summed E-state index contributed by atoms with van der Waals surface area (Å²) in [6.07, 6.45) is 2.68. The van der Waals surface area contributed by atoms with Gasteiger partial charge in [0.1, 0.15) is 5.76 Å². The number of hydrogen-bond acceptors (Lipinski definition) is 8. The lowest BCUT2D eigenvalue weighted by atomic mass is 9.92. The van der Waals surface area contributed by atoms with Crippen LogP contribution in [0.25, 0.3) is 0 Å². The fourth-order valence-electron chi connectivity index (χ4n) is 3.31. The van der Waals surface area contributed by atoms with Crippen molar-refractivity contribution in [2.45, 2.75) is 26.8 Å². The van der Waals surface area contributed by atoms with Gasteiger partial charge >= 0.3 is 5.69 Å². The molecule has 0 aliphatic carbocycles. The van der Waals surface area contributed by atoms with Crippen LogP contribution in [0, 0.1) is 22.0 Å². The van der Waals surface area contributed by atoms with Crippen LogP contribution >= 0.6 is 0 Å². The molecule has 9 heteroatoms. The summed E-state index contributed by atoms with van der Waals surface area (Å²) >= 11 is 0. The second kappa shape index (κ2) is 6.96. The van der Waals surface area contributed by atoms with Crippen molar-refractivity contribution < 1.29 is 9.34 Å². The minimum atomic E-state index is -0.564. The van der Waals surface area contributed by atoms with Gasteiger partial charge in [-0.1, -0.05) is 13.8 Å². The molecule has 1 fully saturated rings. The maximum absolute atomic E-state index is 11.4. The van der Waals surface area contributed by atoms with Crippen molar-refractivity contribution >= 4 is 23.3 Å². The normalized spacial score (nSPS) is 20.5. The Morgan fingerprint density at radius 3 is 2.72 bits per heavy atom. The Balaban J connectivity index is 1.90. The Bertz CT molecular complexity index is 739. The summed E-state index contributed by atoms with van der Waals surface area (Å²) < 4.78 is 5.24. The number of nitro groups is 1. The molecule has 2 aromatic heterocycles. The van der Waals surface area contributed by atoms with Gasteiger partial charge in [-0.15, -0.1) is 0 Å². The first kappa shape index (κ1) is 17.0. The first-order valence-corrected chi connectivity index (χ1v) is 8.27. The topological polar surface area (TPSA) is 123 Å². The summed E-state index contributed by atoms with van der Waals surface area (Å²) in [5.74, 6) is 2.04. The molecule has 3 heterocycles. The quantitative estimate of drug-likeness (QED) is 0.625. The van der Waals surface area contributed by atoms with Gasteiger partial charge in [0.2, 0.25) is 17.6 Å². The minimum Gasteiger partial charge on any atom is -0.467 e. The number of furan rings is 1. The average Bonchev–Trinajstić information content (AvgIpc) is 3.04. The number of nitrogens with one attached hydrogen (secondary N) is 1. The van der Waals surface area contributed by atoms with Crippen LogP contribution in [0.15, 0.2) is 22.8 Å². The number of aromatic nitrogens is 2. The summed E-state index contributed by atoms with van der Waals surface area (Å²) in [4.78, 5) is 21.4. The molecular weight excluding hydrogens is 324 g/mol. The van der Waals surface area contributed by atoms with Crippen LogP contribution in [0.3, 0.4) is 0 Å². The molecule has 2 unspecified atom stereocenters. The zero-order valence-corrected chi connectivity index (χ0v) is 14.3. The maximum atomic E-state index is 11.4. The van der Waals surface area contributed by atoms with Crippen LogP contribution in [0.1, 0.15) is 26.0 Å². The summed E-state index contributed by atoms with van der Waals surface area (Å²) in [6.45, 7) is 6.23. The molecule has 0 radical (unpaired) electrons. The van der Waals surface area contributed by atoms with Crippen molar-refractivity contribution in [2.75, 3.05) is 29.0 Å². The fraction of sp³-hybridized carbons (Fsp3) is 0.500. The number of anilines is 3. The van der Waals surface area contributed by atoms with Crippen LogP contribution in [-0.4, -0.2) is 28.0 Å². The number of piperidine rings is 1. The zero-order valence-electron chi connectivity index (χ0n) is 14.3. The Hall–Kier alpha value is -2.84. The van der Waals surface area contributed by atoms with Crippen LogP contribution in [-0.2, 0) is 6.54 Å². The molecule has 9 nitrogen and oxygen atoms in total. The van der Waals surface area contributed by atoms with Crippen molar-refractivity contribution in [1.29, 1.82) is 0 Å². The summed E-state index contributed by atoms with van der Waals surface area (Å²) in [7, 11) is 0. The van der Waals surface area contributed by atoms with Crippen molar-refractivity contribution in [3.63, 3.8) is 0 Å². The highest BCUT2D eigenvalue weighted by molar-refractivity contribution is 5.70. The van der Waals surface area contributed by atoms with Gasteiger partial charge < -0.3 is 20.4 Å². The van der Waals surface area contributed by atoms with E-state index in [1.54, 1.807) is 18.4 Å². The molecule has 3 rings (SSSR count). The van der Waals surface area contributed by atoms with E-state index in [1.165, 1.54) is 0 Å². The summed E-state index contributed by atoms with van der Waals surface area (Å²) in [6, 6.07) is 3.53. The van der Waals surface area contributed by atoms with Crippen LogP contribution in [0.4, 0.5) is 23.3 Å². The van der Waals surface area contributed by atoms with Crippen molar-refractivity contribution in [1.82, 2.24) is 9.97 Å². The molecule has 0 bridgehead atoms. The number of rotatable bonds is 5. The third-order valence-electron chi connectivity index (χ3n) is 4.24. The number of nitrogens with zero attached hydrogens (tertiary/aromatic N) is 4. The molecule has 25 heavy (non-hydrogen) atoms. The van der Waals surface area contributed by atoms with Gasteiger partial charge in [-0.2, -0.15) is 9.97 Å². The number of hydrogen-bond donors (Lipinski definition) is 2. The summed E-state index contributed by atoms with van der Waals surface area (Å²) in [5, 5.41) is 14.3. The molecule has 1 saturated heterocycles. The van der Waals surface area contributed by atoms with E-state index < -0.39 is 4.92 Å². The lowest BCUT2D eigenvalue weighted by Gasteiger charge is -2.35. The van der Waals surface area contributed by atoms with E-state index in [-0.39, 0.29) is 23.9 Å². The Morgan fingerprint density at radius 2 is 2.12 bits per heavy atom. The molecule has 1 aliphatic rings. The highest BCUT2D eigenvalue weighted by Crippen LogP contribution is 2.32. The van der Waals surface area contributed by atoms with Crippen LogP contribution in [0.5, 0.6) is 0 Å². The van der Waals surface area contributed by atoms with Crippen LogP contribution in [0.2, 0.25) is 0 Å². The van der Waals surface area contributed by atoms with Gasteiger partial charge in [-0.3, -0.25) is 10.1 Å². The third kappa shape index (κ3) is 3.81.